The molecule has 0 amide bonds. The average Bonchev–Trinajstić information content (AvgIpc) is 2.95. The second-order valence-corrected chi connectivity index (χ2v) is 9.66. The molecule has 1 aromatic rings. The molecule has 1 aliphatic rings. The van der Waals surface area contributed by atoms with E-state index in [-0.39, 0.29) is 34.6 Å². The Hall–Kier alpha value is -0.430. The van der Waals surface area contributed by atoms with Crippen LogP contribution in [0.25, 0.3) is 0 Å². The van der Waals surface area contributed by atoms with Crippen molar-refractivity contribution in [2.24, 2.45) is 5.14 Å². The summed E-state index contributed by atoms with van der Waals surface area (Å²) in [5, 5.41) is 5.81. The van der Waals surface area contributed by atoms with E-state index in [2.05, 4.69) is 0 Å². The van der Waals surface area contributed by atoms with Gasteiger partial charge in [-0.3, -0.25) is 0 Å². The van der Waals surface area contributed by atoms with Crippen molar-refractivity contribution >= 4 is 48.8 Å². The summed E-state index contributed by atoms with van der Waals surface area (Å²) in [6.07, 6.45) is 0. The highest BCUT2D eigenvalue weighted by molar-refractivity contribution is 7.94. The third kappa shape index (κ3) is 4.40. The van der Waals surface area contributed by atoms with Gasteiger partial charge in [0.1, 0.15) is 4.90 Å². The normalized spacial score (nSPS) is 16.2. The summed E-state index contributed by atoms with van der Waals surface area (Å²) in [6.45, 7) is 6.10. The fraction of sp³-hybridized carbons (Fsp3) is 0.667. The van der Waals surface area contributed by atoms with Gasteiger partial charge in [-0.1, -0.05) is 13.8 Å². The summed E-state index contributed by atoms with van der Waals surface area (Å²) >= 11 is 0.890. The lowest BCUT2D eigenvalue weighted by Gasteiger charge is -2.27. The predicted octanol–water partition coefficient (Wildman–Crippen LogP) is 0.684. The van der Waals surface area contributed by atoms with Gasteiger partial charge in [-0.15, -0.1) is 23.7 Å². The van der Waals surface area contributed by atoms with Crippen LogP contribution in [0, 0.1) is 0 Å². The maximum absolute atomic E-state index is 12.7. The van der Waals surface area contributed by atoms with Crippen LogP contribution in [0.4, 0.5) is 5.00 Å². The van der Waals surface area contributed by atoms with Crippen LogP contribution in [0.5, 0.6) is 0 Å². The standard InChI is InChI=1S/C12H21N3O5S3.ClH/c1-3-15(4-2)23(18,19)10-9-11(14-5-7-20-8-6-14)21-12(10)22(13,16)17;/h9H,3-8H2,1-2H3,(H2,13,16,17);1H. The summed E-state index contributed by atoms with van der Waals surface area (Å²) in [4.78, 5) is 1.67. The fourth-order valence-corrected chi connectivity index (χ4v) is 6.87. The summed E-state index contributed by atoms with van der Waals surface area (Å²) < 4.78 is 55.3. The maximum atomic E-state index is 12.7. The average molecular weight is 420 g/mol. The summed E-state index contributed by atoms with van der Waals surface area (Å²) in [5.41, 5.74) is 0. The van der Waals surface area contributed by atoms with E-state index < -0.39 is 20.0 Å². The molecule has 1 saturated heterocycles. The minimum absolute atomic E-state index is 0. The second kappa shape index (κ2) is 8.30. The van der Waals surface area contributed by atoms with Gasteiger partial charge in [-0.2, -0.15) is 4.31 Å². The molecule has 0 radical (unpaired) electrons. The molecule has 24 heavy (non-hydrogen) atoms. The van der Waals surface area contributed by atoms with E-state index in [1.807, 2.05) is 4.90 Å². The van der Waals surface area contributed by atoms with Crippen LogP contribution < -0.4 is 10.0 Å². The Morgan fingerprint density at radius 3 is 2.21 bits per heavy atom. The van der Waals surface area contributed by atoms with Crippen LogP contribution in [0.3, 0.4) is 0 Å². The van der Waals surface area contributed by atoms with Crippen LogP contribution in [-0.4, -0.2) is 60.5 Å². The lowest BCUT2D eigenvalue weighted by molar-refractivity contribution is 0.123. The Balaban J connectivity index is 0.00000288. The number of thiophene rings is 1. The van der Waals surface area contributed by atoms with Gasteiger partial charge in [0.25, 0.3) is 0 Å². The molecule has 0 spiro atoms. The summed E-state index contributed by atoms with van der Waals surface area (Å²) in [7, 11) is -8.04. The molecule has 0 saturated carbocycles. The maximum Gasteiger partial charge on any atom is 0.248 e. The molecular formula is C12H22ClN3O5S3. The molecule has 0 aromatic carbocycles. The van der Waals surface area contributed by atoms with Gasteiger partial charge >= 0.3 is 0 Å². The first-order valence-electron chi connectivity index (χ1n) is 7.21. The number of sulfonamides is 2. The minimum Gasteiger partial charge on any atom is -0.378 e. The fourth-order valence-electron chi connectivity index (χ4n) is 2.37. The molecule has 2 heterocycles. The first kappa shape index (κ1) is 21.6. The Morgan fingerprint density at radius 1 is 1.21 bits per heavy atom. The lowest BCUT2D eigenvalue weighted by Crippen LogP contribution is -2.35. The van der Waals surface area contributed by atoms with Gasteiger partial charge < -0.3 is 9.64 Å². The largest absolute Gasteiger partial charge is 0.378 e. The Bertz CT molecular complexity index is 753. The van der Waals surface area contributed by atoms with Gasteiger partial charge in [0.15, 0.2) is 4.21 Å². The van der Waals surface area contributed by atoms with Crippen LogP contribution in [0.2, 0.25) is 0 Å². The number of ether oxygens (including phenoxy) is 1. The Labute approximate surface area is 153 Å². The quantitative estimate of drug-likeness (QED) is 0.726. The first-order valence-corrected chi connectivity index (χ1v) is 11.0. The molecule has 8 nitrogen and oxygen atoms in total. The number of nitrogens with two attached hydrogens (primary N) is 1. The van der Waals surface area contributed by atoms with Gasteiger partial charge in [0.05, 0.1) is 18.2 Å². The molecular weight excluding hydrogens is 398 g/mol. The van der Waals surface area contributed by atoms with E-state index in [9.17, 15) is 16.8 Å². The van der Waals surface area contributed by atoms with Gasteiger partial charge in [0, 0.05) is 26.2 Å². The van der Waals surface area contributed by atoms with Crippen molar-refractivity contribution < 1.29 is 21.6 Å². The molecule has 0 atom stereocenters. The van der Waals surface area contributed by atoms with E-state index >= 15 is 0 Å². The van der Waals surface area contributed by atoms with Crippen molar-refractivity contribution in [2.45, 2.75) is 23.0 Å². The Kier molecular flexibility index (Phi) is 7.47. The third-order valence-corrected chi connectivity index (χ3v) is 8.56. The minimum atomic E-state index is -4.13. The molecule has 2 rings (SSSR count). The lowest BCUT2D eigenvalue weighted by atomic mass is 10.4. The molecule has 1 aliphatic heterocycles. The van der Waals surface area contributed by atoms with Crippen molar-refractivity contribution in [1.82, 2.24) is 4.31 Å². The zero-order valence-electron chi connectivity index (χ0n) is 13.5. The number of anilines is 1. The van der Waals surface area contributed by atoms with Crippen molar-refractivity contribution in [1.29, 1.82) is 0 Å². The summed E-state index contributed by atoms with van der Waals surface area (Å²) in [5.74, 6) is 0. The van der Waals surface area contributed by atoms with Crippen molar-refractivity contribution in [3.05, 3.63) is 6.07 Å². The van der Waals surface area contributed by atoms with E-state index in [1.54, 1.807) is 13.8 Å². The molecule has 1 aromatic heterocycles. The van der Waals surface area contributed by atoms with E-state index in [4.69, 9.17) is 9.88 Å². The third-order valence-electron chi connectivity index (χ3n) is 3.56. The van der Waals surface area contributed by atoms with Crippen molar-refractivity contribution in [3.63, 3.8) is 0 Å². The number of halogens is 1. The topological polar surface area (TPSA) is 110 Å². The van der Waals surface area contributed by atoms with Crippen LogP contribution in [0.15, 0.2) is 15.2 Å². The Morgan fingerprint density at radius 2 is 1.75 bits per heavy atom. The highest BCUT2D eigenvalue weighted by atomic mass is 35.5. The highest BCUT2D eigenvalue weighted by Crippen LogP contribution is 2.37. The zero-order chi connectivity index (χ0) is 17.3. The van der Waals surface area contributed by atoms with Crippen LogP contribution in [0.1, 0.15) is 13.8 Å². The zero-order valence-corrected chi connectivity index (χ0v) is 16.7. The molecule has 1 fully saturated rings. The predicted molar refractivity (Wildman–Crippen MR) is 96.1 cm³/mol. The second-order valence-electron chi connectivity index (χ2n) is 4.97. The number of hydrogen-bond donors (Lipinski definition) is 1. The van der Waals surface area contributed by atoms with Gasteiger partial charge in [-0.25, -0.2) is 22.0 Å². The van der Waals surface area contributed by atoms with Gasteiger partial charge in [0.2, 0.25) is 20.0 Å². The van der Waals surface area contributed by atoms with E-state index in [0.29, 0.717) is 31.3 Å². The smallest absolute Gasteiger partial charge is 0.248 e. The number of primary sulfonamides is 1. The highest BCUT2D eigenvalue weighted by Gasteiger charge is 2.32. The summed E-state index contributed by atoms with van der Waals surface area (Å²) in [6, 6.07) is 1.41. The monoisotopic (exact) mass is 419 g/mol. The first-order chi connectivity index (χ1) is 10.7. The molecule has 140 valence electrons. The number of hydrogen-bond acceptors (Lipinski definition) is 7. The van der Waals surface area contributed by atoms with Gasteiger partial charge in [-0.05, 0) is 6.07 Å². The number of nitrogens with zero attached hydrogens (tertiary/aromatic N) is 2. The van der Waals surface area contributed by atoms with E-state index in [0.717, 1.165) is 11.3 Å². The van der Waals surface area contributed by atoms with E-state index in [1.165, 1.54) is 10.4 Å². The van der Waals surface area contributed by atoms with Crippen LogP contribution >= 0.6 is 23.7 Å². The molecule has 12 heteroatoms. The molecule has 0 aliphatic carbocycles. The number of morpholine rings is 1. The molecule has 2 N–H and O–H groups in total. The van der Waals surface area contributed by atoms with Crippen LogP contribution in [-0.2, 0) is 24.8 Å². The van der Waals surface area contributed by atoms with Crippen molar-refractivity contribution in [3.8, 4) is 0 Å². The molecule has 0 unspecified atom stereocenters. The number of rotatable bonds is 6. The SMILES string of the molecule is CCN(CC)S(=O)(=O)c1cc(N2CCOCC2)sc1S(N)(=O)=O.Cl. The molecule has 0 bridgehead atoms. The van der Waals surface area contributed by atoms with Crippen molar-refractivity contribution in [2.75, 3.05) is 44.3 Å².